The lowest BCUT2D eigenvalue weighted by Crippen LogP contribution is -2.21. The van der Waals surface area contributed by atoms with Crippen LogP contribution in [-0.4, -0.2) is 28.4 Å². The highest BCUT2D eigenvalue weighted by atomic mass is 16.5. The van der Waals surface area contributed by atoms with Gasteiger partial charge >= 0.3 is 12.0 Å². The first-order valence-electron chi connectivity index (χ1n) is 6.19. The normalized spacial score (nSPS) is 16.4. The van der Waals surface area contributed by atoms with Gasteiger partial charge in [-0.15, -0.1) is 0 Å². The average molecular weight is 251 g/mol. The van der Waals surface area contributed by atoms with Gasteiger partial charge < -0.3 is 10.5 Å². The van der Waals surface area contributed by atoms with Crippen LogP contribution < -0.4 is 5.73 Å². The van der Waals surface area contributed by atoms with E-state index in [1.165, 1.54) is 31.5 Å². The van der Waals surface area contributed by atoms with Crippen molar-refractivity contribution in [3.05, 3.63) is 18.0 Å². The van der Waals surface area contributed by atoms with Gasteiger partial charge in [0.2, 0.25) is 0 Å². The first-order valence-corrected chi connectivity index (χ1v) is 6.19. The maximum atomic E-state index is 11.7. The molecule has 2 rings (SSSR count). The molecule has 0 saturated heterocycles. The van der Waals surface area contributed by atoms with E-state index in [-0.39, 0.29) is 5.69 Å². The Labute approximate surface area is 105 Å². The van der Waals surface area contributed by atoms with Gasteiger partial charge in [0.1, 0.15) is 0 Å². The molecule has 1 aromatic heterocycles. The van der Waals surface area contributed by atoms with Crippen molar-refractivity contribution in [3.63, 3.8) is 0 Å². The van der Waals surface area contributed by atoms with Crippen molar-refractivity contribution < 1.29 is 14.3 Å². The van der Waals surface area contributed by atoms with Crippen molar-refractivity contribution in [1.29, 1.82) is 0 Å². The Morgan fingerprint density at radius 1 is 1.39 bits per heavy atom. The Balaban J connectivity index is 1.84. The summed E-state index contributed by atoms with van der Waals surface area (Å²) in [6, 6.07) is 0.704. The molecule has 0 bridgehead atoms. The highest BCUT2D eigenvalue weighted by Crippen LogP contribution is 2.23. The largest absolute Gasteiger partial charge is 0.461 e. The smallest absolute Gasteiger partial charge is 0.358 e. The fourth-order valence-corrected chi connectivity index (χ4v) is 2.18. The highest BCUT2D eigenvalue weighted by Gasteiger charge is 2.18. The molecule has 1 aliphatic rings. The van der Waals surface area contributed by atoms with Crippen molar-refractivity contribution in [2.75, 3.05) is 6.61 Å². The predicted molar refractivity (Wildman–Crippen MR) is 64.1 cm³/mol. The van der Waals surface area contributed by atoms with Crippen molar-refractivity contribution in [1.82, 2.24) is 9.78 Å². The van der Waals surface area contributed by atoms with Crippen molar-refractivity contribution in [2.45, 2.75) is 32.1 Å². The third kappa shape index (κ3) is 3.09. The molecule has 0 aliphatic heterocycles. The van der Waals surface area contributed by atoms with Crippen LogP contribution in [0.3, 0.4) is 0 Å². The molecule has 0 radical (unpaired) electrons. The van der Waals surface area contributed by atoms with E-state index in [0.29, 0.717) is 12.5 Å². The van der Waals surface area contributed by atoms with E-state index in [2.05, 4.69) is 5.10 Å². The number of ether oxygens (including phenoxy) is 1. The van der Waals surface area contributed by atoms with E-state index in [1.807, 2.05) is 0 Å². The van der Waals surface area contributed by atoms with Crippen LogP contribution in [0.5, 0.6) is 0 Å². The summed E-state index contributed by atoms with van der Waals surface area (Å²) >= 11 is 0. The third-order valence-electron chi connectivity index (χ3n) is 3.20. The van der Waals surface area contributed by atoms with Crippen molar-refractivity contribution >= 4 is 12.0 Å². The van der Waals surface area contributed by atoms with E-state index < -0.39 is 12.0 Å². The second-order valence-corrected chi connectivity index (χ2v) is 4.59. The highest BCUT2D eigenvalue weighted by molar-refractivity contribution is 5.87. The number of hydrogen-bond acceptors (Lipinski definition) is 4. The molecule has 6 heteroatoms. The second-order valence-electron chi connectivity index (χ2n) is 4.59. The summed E-state index contributed by atoms with van der Waals surface area (Å²) < 4.78 is 6.11. The maximum absolute atomic E-state index is 11.7. The molecule has 0 atom stereocenters. The molecule has 1 heterocycles. The van der Waals surface area contributed by atoms with Crippen LogP contribution in [0.2, 0.25) is 0 Å². The van der Waals surface area contributed by atoms with Gasteiger partial charge in [-0.2, -0.15) is 9.78 Å². The van der Waals surface area contributed by atoms with Crippen LogP contribution in [-0.2, 0) is 4.74 Å². The lowest BCUT2D eigenvalue weighted by molar-refractivity contribution is 0.0403. The molecule has 0 unspecified atom stereocenters. The van der Waals surface area contributed by atoms with Crippen LogP contribution in [0.4, 0.5) is 4.79 Å². The zero-order chi connectivity index (χ0) is 13.0. The number of primary amides is 1. The molecule has 1 aromatic rings. The molecule has 6 nitrogen and oxygen atoms in total. The Bertz CT molecular complexity index is 436. The van der Waals surface area contributed by atoms with Crippen LogP contribution in [0.25, 0.3) is 0 Å². The Kier molecular flexibility index (Phi) is 3.96. The van der Waals surface area contributed by atoms with Crippen molar-refractivity contribution in [3.8, 4) is 0 Å². The lowest BCUT2D eigenvalue weighted by Gasteiger charge is -2.20. The number of carbonyl (C=O) groups excluding carboxylic acids is 2. The van der Waals surface area contributed by atoms with E-state index in [1.54, 1.807) is 0 Å². The maximum Gasteiger partial charge on any atom is 0.358 e. The van der Waals surface area contributed by atoms with E-state index in [4.69, 9.17) is 10.5 Å². The minimum atomic E-state index is -0.721. The molecule has 0 spiro atoms. The van der Waals surface area contributed by atoms with Gasteiger partial charge in [-0.3, -0.25) is 0 Å². The number of aromatic nitrogens is 2. The first-order chi connectivity index (χ1) is 8.66. The summed E-state index contributed by atoms with van der Waals surface area (Å²) in [6.07, 6.45) is 7.26. The second kappa shape index (κ2) is 5.66. The van der Waals surface area contributed by atoms with Gasteiger partial charge in [-0.05, 0) is 24.8 Å². The molecular formula is C12H17N3O3. The molecule has 1 fully saturated rings. The van der Waals surface area contributed by atoms with E-state index in [9.17, 15) is 9.59 Å². The van der Waals surface area contributed by atoms with E-state index in [0.717, 1.165) is 17.5 Å². The van der Waals surface area contributed by atoms with Gasteiger partial charge in [0, 0.05) is 6.20 Å². The molecule has 2 N–H and O–H groups in total. The van der Waals surface area contributed by atoms with Crippen LogP contribution in [0, 0.1) is 5.92 Å². The SMILES string of the molecule is NC(=O)n1ccc(C(=O)OCC2CCCCC2)n1. The molecule has 1 aliphatic carbocycles. The number of amides is 1. The Morgan fingerprint density at radius 2 is 2.11 bits per heavy atom. The predicted octanol–water partition coefficient (Wildman–Crippen LogP) is 1.55. The van der Waals surface area contributed by atoms with Gasteiger partial charge in [0.05, 0.1) is 6.61 Å². The standard InChI is InChI=1S/C12H17N3O3/c13-12(17)15-7-6-10(14-15)11(16)18-8-9-4-2-1-3-5-9/h6-7,9H,1-5,8H2,(H2,13,17). The van der Waals surface area contributed by atoms with Gasteiger partial charge in [0.15, 0.2) is 5.69 Å². The summed E-state index contributed by atoms with van der Waals surface area (Å²) in [5.41, 5.74) is 5.14. The minimum Gasteiger partial charge on any atom is -0.461 e. The van der Waals surface area contributed by atoms with Crippen molar-refractivity contribution in [2.24, 2.45) is 11.7 Å². The fourth-order valence-electron chi connectivity index (χ4n) is 2.18. The zero-order valence-electron chi connectivity index (χ0n) is 10.2. The molecule has 1 amide bonds. The number of nitrogens with two attached hydrogens (primary N) is 1. The van der Waals surface area contributed by atoms with Gasteiger partial charge in [-0.25, -0.2) is 9.59 Å². The summed E-state index contributed by atoms with van der Waals surface area (Å²) in [4.78, 5) is 22.5. The fraction of sp³-hybridized carbons (Fsp3) is 0.583. The topological polar surface area (TPSA) is 87.2 Å². The average Bonchev–Trinajstić information content (AvgIpc) is 2.87. The summed E-state index contributed by atoms with van der Waals surface area (Å²) in [6.45, 7) is 0.433. The first kappa shape index (κ1) is 12.6. The summed E-state index contributed by atoms with van der Waals surface area (Å²) in [7, 11) is 0. The zero-order valence-corrected chi connectivity index (χ0v) is 10.2. The summed E-state index contributed by atoms with van der Waals surface area (Å²) in [5.74, 6) is -0.0403. The molecule has 0 aromatic carbocycles. The Hall–Kier alpha value is -1.85. The van der Waals surface area contributed by atoms with Crippen LogP contribution in [0.15, 0.2) is 12.3 Å². The van der Waals surface area contributed by atoms with Crippen LogP contribution >= 0.6 is 0 Å². The lowest BCUT2D eigenvalue weighted by atomic mass is 9.90. The molecule has 1 saturated carbocycles. The number of nitrogens with zero attached hydrogens (tertiary/aromatic N) is 2. The quantitative estimate of drug-likeness (QED) is 0.825. The number of hydrogen-bond donors (Lipinski definition) is 1. The molecule has 98 valence electrons. The van der Waals surface area contributed by atoms with Gasteiger partial charge in [0.25, 0.3) is 0 Å². The minimum absolute atomic E-state index is 0.115. The van der Waals surface area contributed by atoms with E-state index >= 15 is 0 Å². The number of carbonyl (C=O) groups is 2. The third-order valence-corrected chi connectivity index (χ3v) is 3.20. The molecular weight excluding hydrogens is 234 g/mol. The monoisotopic (exact) mass is 251 g/mol. The number of rotatable bonds is 3. The molecule has 18 heavy (non-hydrogen) atoms. The summed E-state index contributed by atoms with van der Waals surface area (Å²) in [5, 5.41) is 3.74. The Morgan fingerprint density at radius 3 is 2.72 bits per heavy atom. The van der Waals surface area contributed by atoms with Crippen LogP contribution in [0.1, 0.15) is 42.6 Å². The number of esters is 1. The van der Waals surface area contributed by atoms with Gasteiger partial charge in [-0.1, -0.05) is 19.3 Å².